The van der Waals surface area contributed by atoms with Crippen LogP contribution in [0.4, 0.5) is 4.79 Å². The Morgan fingerprint density at radius 1 is 1.32 bits per heavy atom. The summed E-state index contributed by atoms with van der Waals surface area (Å²) in [7, 11) is 0. The van der Waals surface area contributed by atoms with Crippen LogP contribution in [0.15, 0.2) is 35.5 Å². The molecule has 0 spiro atoms. The van der Waals surface area contributed by atoms with Gasteiger partial charge in [-0.05, 0) is 17.5 Å². The number of amides is 3. The van der Waals surface area contributed by atoms with Gasteiger partial charge in [-0.25, -0.2) is 4.79 Å². The van der Waals surface area contributed by atoms with Gasteiger partial charge in [-0.2, -0.15) is 0 Å². The third-order valence-electron chi connectivity index (χ3n) is 3.82. The van der Waals surface area contributed by atoms with Gasteiger partial charge in [-0.3, -0.25) is 4.79 Å². The van der Waals surface area contributed by atoms with Crippen molar-refractivity contribution >= 4 is 23.5 Å². The molecule has 116 valence electrons. The number of nitrogens with one attached hydrogen (secondary N) is 2. The second kappa shape index (κ2) is 5.65. The van der Waals surface area contributed by atoms with Gasteiger partial charge in [-0.1, -0.05) is 43.6 Å². The van der Waals surface area contributed by atoms with E-state index in [1.165, 1.54) is 0 Å². The molecule has 5 nitrogen and oxygen atoms in total. The Morgan fingerprint density at radius 3 is 2.73 bits per heavy atom. The number of carbonyl (C=O) groups is 2. The van der Waals surface area contributed by atoms with E-state index < -0.39 is 6.04 Å². The molecule has 0 aliphatic carbocycles. The molecule has 1 aromatic rings. The molecule has 6 heteroatoms. The van der Waals surface area contributed by atoms with Crippen molar-refractivity contribution < 1.29 is 9.59 Å². The van der Waals surface area contributed by atoms with Crippen LogP contribution in [0.1, 0.15) is 25.5 Å². The first kappa shape index (κ1) is 14.9. The third kappa shape index (κ3) is 2.57. The second-order valence-electron chi connectivity index (χ2n) is 6.02. The van der Waals surface area contributed by atoms with Crippen molar-refractivity contribution in [1.82, 2.24) is 15.5 Å². The molecule has 2 N–H and O–H groups in total. The fraction of sp³-hybridized carbons (Fsp3) is 0.375. The highest BCUT2D eigenvalue weighted by Crippen LogP contribution is 2.35. The van der Waals surface area contributed by atoms with E-state index in [2.05, 4.69) is 24.5 Å². The van der Waals surface area contributed by atoms with E-state index in [0.717, 1.165) is 5.56 Å². The molecule has 3 rings (SSSR count). The van der Waals surface area contributed by atoms with Gasteiger partial charge in [0.15, 0.2) is 0 Å². The summed E-state index contributed by atoms with van der Waals surface area (Å²) >= 11 is 6.24. The molecule has 1 unspecified atom stereocenters. The van der Waals surface area contributed by atoms with E-state index in [4.69, 9.17) is 11.6 Å². The molecule has 0 saturated heterocycles. The summed E-state index contributed by atoms with van der Waals surface area (Å²) in [5, 5.41) is 6.10. The van der Waals surface area contributed by atoms with Gasteiger partial charge in [0.05, 0.1) is 23.9 Å². The minimum atomic E-state index is -0.498. The van der Waals surface area contributed by atoms with Crippen molar-refractivity contribution in [2.45, 2.75) is 19.9 Å². The maximum atomic E-state index is 12.7. The molecule has 1 aromatic carbocycles. The van der Waals surface area contributed by atoms with E-state index >= 15 is 0 Å². The van der Waals surface area contributed by atoms with Gasteiger partial charge in [0, 0.05) is 11.6 Å². The van der Waals surface area contributed by atoms with Crippen LogP contribution in [0.3, 0.4) is 0 Å². The number of urea groups is 1. The molecule has 2 heterocycles. The van der Waals surface area contributed by atoms with Crippen LogP contribution in [0, 0.1) is 5.92 Å². The number of hydrogen-bond donors (Lipinski definition) is 2. The van der Waals surface area contributed by atoms with Gasteiger partial charge in [-0.15, -0.1) is 0 Å². The van der Waals surface area contributed by atoms with Gasteiger partial charge in [0.2, 0.25) is 0 Å². The van der Waals surface area contributed by atoms with E-state index in [9.17, 15) is 9.59 Å². The summed E-state index contributed by atoms with van der Waals surface area (Å²) in [5.74, 6) is 0.328. The number of benzene rings is 1. The van der Waals surface area contributed by atoms with Crippen LogP contribution in [0.5, 0.6) is 0 Å². The normalized spacial score (nSPS) is 21.1. The van der Waals surface area contributed by atoms with Gasteiger partial charge >= 0.3 is 6.03 Å². The van der Waals surface area contributed by atoms with Crippen molar-refractivity contribution in [2.75, 3.05) is 13.1 Å². The number of rotatable bonds is 3. The van der Waals surface area contributed by atoms with E-state index in [-0.39, 0.29) is 11.9 Å². The molecule has 0 bridgehead atoms. The topological polar surface area (TPSA) is 61.4 Å². The van der Waals surface area contributed by atoms with Crippen LogP contribution in [0.25, 0.3) is 0 Å². The fourth-order valence-electron chi connectivity index (χ4n) is 2.96. The molecular formula is C16H18ClN3O2. The smallest absolute Gasteiger partial charge is 0.319 e. The predicted octanol–water partition coefficient (Wildman–Crippen LogP) is 2.45. The number of halogens is 1. The lowest BCUT2D eigenvalue weighted by atomic mass is 9.96. The van der Waals surface area contributed by atoms with Crippen LogP contribution in [-0.2, 0) is 4.79 Å². The summed E-state index contributed by atoms with van der Waals surface area (Å²) in [6, 6.07) is 6.47. The number of carbonyl (C=O) groups excluding carboxylic acids is 2. The Bertz CT molecular complexity index is 669. The quantitative estimate of drug-likeness (QED) is 0.899. The SMILES string of the molecule is CC(C)CN1CC2=C(C1=O)C(c1ccccc1Cl)NC(=O)N2. The zero-order valence-corrected chi connectivity index (χ0v) is 13.3. The molecule has 0 fully saturated rings. The van der Waals surface area contributed by atoms with Crippen LogP contribution >= 0.6 is 11.6 Å². The molecular weight excluding hydrogens is 302 g/mol. The summed E-state index contributed by atoms with van der Waals surface area (Å²) in [4.78, 5) is 26.4. The maximum absolute atomic E-state index is 12.7. The first-order valence-electron chi connectivity index (χ1n) is 7.31. The highest BCUT2D eigenvalue weighted by Gasteiger charge is 2.40. The lowest BCUT2D eigenvalue weighted by Gasteiger charge is -2.26. The molecule has 2 aliphatic heterocycles. The van der Waals surface area contributed by atoms with E-state index in [0.29, 0.717) is 35.3 Å². The highest BCUT2D eigenvalue weighted by atomic mass is 35.5. The average molecular weight is 320 g/mol. The Labute approximate surface area is 134 Å². The minimum absolute atomic E-state index is 0.0406. The van der Waals surface area contributed by atoms with Crippen molar-refractivity contribution in [3.8, 4) is 0 Å². The molecule has 0 radical (unpaired) electrons. The second-order valence-corrected chi connectivity index (χ2v) is 6.43. The lowest BCUT2D eigenvalue weighted by molar-refractivity contribution is -0.126. The van der Waals surface area contributed by atoms with Crippen molar-refractivity contribution in [3.05, 3.63) is 46.1 Å². The van der Waals surface area contributed by atoms with Crippen LogP contribution in [-0.4, -0.2) is 29.9 Å². The zero-order valence-electron chi connectivity index (χ0n) is 12.5. The van der Waals surface area contributed by atoms with Crippen molar-refractivity contribution in [2.24, 2.45) is 5.92 Å². The zero-order chi connectivity index (χ0) is 15.9. The Hall–Kier alpha value is -2.01. The maximum Gasteiger partial charge on any atom is 0.319 e. The molecule has 22 heavy (non-hydrogen) atoms. The monoisotopic (exact) mass is 319 g/mol. The summed E-state index contributed by atoms with van der Waals surface area (Å²) in [6.45, 7) is 5.23. The first-order valence-corrected chi connectivity index (χ1v) is 7.69. The third-order valence-corrected chi connectivity index (χ3v) is 4.17. The lowest BCUT2D eigenvalue weighted by Crippen LogP contribution is -2.44. The molecule has 2 aliphatic rings. The number of nitrogens with zero attached hydrogens (tertiary/aromatic N) is 1. The van der Waals surface area contributed by atoms with Gasteiger partial charge in [0.25, 0.3) is 5.91 Å². The Balaban J connectivity index is 1.98. The molecule has 3 amide bonds. The van der Waals surface area contributed by atoms with Gasteiger partial charge in [0.1, 0.15) is 0 Å². The Kier molecular flexibility index (Phi) is 3.83. The number of hydrogen-bond acceptors (Lipinski definition) is 2. The predicted molar refractivity (Wildman–Crippen MR) is 84.3 cm³/mol. The molecule has 0 aromatic heterocycles. The van der Waals surface area contributed by atoms with Crippen LogP contribution < -0.4 is 10.6 Å². The van der Waals surface area contributed by atoms with Gasteiger partial charge < -0.3 is 15.5 Å². The average Bonchev–Trinajstić information content (AvgIpc) is 2.74. The minimum Gasteiger partial charge on any atom is -0.333 e. The summed E-state index contributed by atoms with van der Waals surface area (Å²) in [6.07, 6.45) is 0. The largest absolute Gasteiger partial charge is 0.333 e. The highest BCUT2D eigenvalue weighted by molar-refractivity contribution is 6.31. The van der Waals surface area contributed by atoms with Crippen molar-refractivity contribution in [1.29, 1.82) is 0 Å². The van der Waals surface area contributed by atoms with E-state index in [1.807, 2.05) is 18.2 Å². The first-order chi connectivity index (χ1) is 10.5. The van der Waals surface area contributed by atoms with E-state index in [1.54, 1.807) is 11.0 Å². The standard InChI is InChI=1S/C16H18ClN3O2/c1-9(2)7-20-8-12-13(15(20)21)14(19-16(22)18-12)10-5-3-4-6-11(10)17/h3-6,9,14H,7-8H2,1-2H3,(H2,18,19,22). The Morgan fingerprint density at radius 2 is 2.05 bits per heavy atom. The summed E-state index contributed by atoms with van der Waals surface area (Å²) < 4.78 is 0. The molecule has 1 atom stereocenters. The van der Waals surface area contributed by atoms with Crippen LogP contribution in [0.2, 0.25) is 5.02 Å². The molecule has 0 saturated carbocycles. The van der Waals surface area contributed by atoms with Crippen molar-refractivity contribution in [3.63, 3.8) is 0 Å². The summed E-state index contributed by atoms with van der Waals surface area (Å²) in [5.41, 5.74) is 2.01. The fourth-order valence-corrected chi connectivity index (χ4v) is 3.20.